The summed E-state index contributed by atoms with van der Waals surface area (Å²) in [6.07, 6.45) is 3.44. The molecule has 0 N–H and O–H groups in total. The first-order valence-electron chi connectivity index (χ1n) is 9.62. The van der Waals surface area contributed by atoms with E-state index in [4.69, 9.17) is 4.74 Å². The number of benzene rings is 2. The lowest BCUT2D eigenvalue weighted by Gasteiger charge is -2.26. The Kier molecular flexibility index (Phi) is 5.81. The topological polar surface area (TPSA) is 60.2 Å². The highest BCUT2D eigenvalue weighted by Crippen LogP contribution is 2.26. The number of thioether (sulfide) groups is 1. The lowest BCUT2D eigenvalue weighted by molar-refractivity contribution is -0.129. The molecule has 0 atom stereocenters. The van der Waals surface area contributed by atoms with Crippen molar-refractivity contribution in [1.29, 1.82) is 0 Å². The molecule has 1 fully saturated rings. The summed E-state index contributed by atoms with van der Waals surface area (Å²) in [4.78, 5) is 14.3. The Morgan fingerprint density at radius 3 is 2.71 bits per heavy atom. The molecule has 3 aromatic rings. The average Bonchev–Trinajstić information content (AvgIpc) is 3.10. The second-order valence-corrected chi connectivity index (χ2v) is 7.90. The zero-order valence-corrected chi connectivity index (χ0v) is 16.8. The van der Waals surface area contributed by atoms with Crippen molar-refractivity contribution in [2.75, 3.05) is 18.8 Å². The highest BCUT2D eigenvalue weighted by molar-refractivity contribution is 7.99. The maximum atomic E-state index is 12.3. The molecule has 2 heterocycles. The van der Waals surface area contributed by atoms with Gasteiger partial charge >= 0.3 is 0 Å². The highest BCUT2D eigenvalue weighted by Gasteiger charge is 2.18. The number of carbonyl (C=O) groups is 1. The van der Waals surface area contributed by atoms with Gasteiger partial charge in [-0.3, -0.25) is 4.79 Å². The summed E-state index contributed by atoms with van der Waals surface area (Å²) in [7, 11) is 1.91. The van der Waals surface area contributed by atoms with Crippen LogP contribution >= 0.6 is 11.8 Å². The van der Waals surface area contributed by atoms with E-state index in [-0.39, 0.29) is 5.91 Å². The van der Waals surface area contributed by atoms with E-state index in [1.165, 1.54) is 18.2 Å². The third-order valence-corrected chi connectivity index (χ3v) is 6.07. The van der Waals surface area contributed by atoms with Gasteiger partial charge in [0.1, 0.15) is 12.4 Å². The van der Waals surface area contributed by atoms with Gasteiger partial charge < -0.3 is 14.2 Å². The van der Waals surface area contributed by atoms with Crippen LogP contribution in [0.5, 0.6) is 5.75 Å². The number of hydrogen-bond donors (Lipinski definition) is 0. The average molecular weight is 397 g/mol. The lowest BCUT2D eigenvalue weighted by atomic mass is 10.1. The number of aromatic nitrogens is 3. The quantitative estimate of drug-likeness (QED) is 0.595. The molecule has 0 radical (unpaired) electrons. The van der Waals surface area contributed by atoms with Crippen LogP contribution in [0, 0.1) is 0 Å². The molecule has 0 bridgehead atoms. The van der Waals surface area contributed by atoms with Crippen molar-refractivity contribution < 1.29 is 9.53 Å². The van der Waals surface area contributed by atoms with Crippen molar-refractivity contribution in [3.8, 4) is 5.75 Å². The van der Waals surface area contributed by atoms with Crippen LogP contribution in [0.1, 0.15) is 25.1 Å². The number of amides is 1. The van der Waals surface area contributed by atoms with Crippen molar-refractivity contribution in [3.05, 3.63) is 48.3 Å². The molecule has 1 saturated heterocycles. The van der Waals surface area contributed by atoms with Crippen LogP contribution in [0.3, 0.4) is 0 Å². The Balaban J connectivity index is 1.37. The summed E-state index contributed by atoms with van der Waals surface area (Å²) in [6, 6.07) is 14.2. The first-order chi connectivity index (χ1) is 13.7. The van der Waals surface area contributed by atoms with E-state index in [1.807, 2.05) is 40.8 Å². The minimum Gasteiger partial charge on any atom is -0.485 e. The standard InChI is InChI=1S/C21H24N4O2S/c1-24-19(14-27-18-11-7-9-16-8-3-4-10-17(16)18)22-23-21(24)28-15-20(26)25-12-5-2-6-13-25/h3-4,7-11H,2,5-6,12-15H2,1H3. The molecule has 4 rings (SSSR count). The molecule has 1 aliphatic rings. The zero-order chi connectivity index (χ0) is 19.3. The van der Waals surface area contributed by atoms with Crippen LogP contribution in [0.2, 0.25) is 0 Å². The maximum absolute atomic E-state index is 12.3. The van der Waals surface area contributed by atoms with Gasteiger partial charge in [-0.15, -0.1) is 10.2 Å². The number of piperidine rings is 1. The molecule has 6 nitrogen and oxygen atoms in total. The van der Waals surface area contributed by atoms with Crippen LogP contribution in [0.15, 0.2) is 47.6 Å². The van der Waals surface area contributed by atoms with Crippen LogP contribution in [0.4, 0.5) is 0 Å². The second kappa shape index (κ2) is 8.65. The Morgan fingerprint density at radius 1 is 1.07 bits per heavy atom. The van der Waals surface area contributed by atoms with Crippen LogP contribution in [-0.2, 0) is 18.4 Å². The predicted octanol–water partition coefficient (Wildman–Crippen LogP) is 3.65. The smallest absolute Gasteiger partial charge is 0.233 e. The molecule has 0 aliphatic carbocycles. The fourth-order valence-electron chi connectivity index (χ4n) is 3.42. The molecule has 28 heavy (non-hydrogen) atoms. The van der Waals surface area contributed by atoms with E-state index < -0.39 is 0 Å². The molecule has 0 unspecified atom stereocenters. The van der Waals surface area contributed by atoms with Gasteiger partial charge in [0.25, 0.3) is 0 Å². The molecule has 7 heteroatoms. The summed E-state index contributed by atoms with van der Waals surface area (Å²) in [6.45, 7) is 2.09. The number of ether oxygens (including phenoxy) is 1. The van der Waals surface area contributed by atoms with Gasteiger partial charge in [-0.1, -0.05) is 48.2 Å². The molecule has 1 aromatic heterocycles. The minimum atomic E-state index is 0.182. The number of carbonyl (C=O) groups excluding carboxylic acids is 1. The Labute approximate surface area is 168 Å². The van der Waals surface area contributed by atoms with Crippen molar-refractivity contribution in [2.45, 2.75) is 31.0 Å². The zero-order valence-electron chi connectivity index (χ0n) is 16.0. The molecule has 0 saturated carbocycles. The van der Waals surface area contributed by atoms with Gasteiger partial charge in [0.15, 0.2) is 11.0 Å². The highest BCUT2D eigenvalue weighted by atomic mass is 32.2. The third kappa shape index (κ3) is 4.14. The summed E-state index contributed by atoms with van der Waals surface area (Å²) >= 11 is 1.44. The largest absolute Gasteiger partial charge is 0.485 e. The fraction of sp³-hybridized carbons (Fsp3) is 0.381. The number of likely N-dealkylation sites (tertiary alicyclic amines) is 1. The van der Waals surface area contributed by atoms with E-state index in [9.17, 15) is 4.79 Å². The first kappa shape index (κ1) is 18.8. The van der Waals surface area contributed by atoms with Crippen LogP contribution in [-0.4, -0.2) is 44.4 Å². The summed E-state index contributed by atoms with van der Waals surface area (Å²) < 4.78 is 7.91. The minimum absolute atomic E-state index is 0.182. The summed E-state index contributed by atoms with van der Waals surface area (Å²) in [5, 5.41) is 11.4. The Morgan fingerprint density at radius 2 is 1.86 bits per heavy atom. The molecule has 0 spiro atoms. The third-order valence-electron chi connectivity index (χ3n) is 5.06. The molecular formula is C21H24N4O2S. The summed E-state index contributed by atoms with van der Waals surface area (Å²) in [5.41, 5.74) is 0. The normalized spacial score (nSPS) is 14.4. The fourth-order valence-corrected chi connectivity index (χ4v) is 4.25. The summed E-state index contributed by atoms with van der Waals surface area (Å²) in [5.74, 6) is 2.15. The number of hydrogen-bond acceptors (Lipinski definition) is 5. The molecule has 2 aromatic carbocycles. The number of rotatable bonds is 6. The molecule has 146 valence electrons. The Hall–Kier alpha value is -2.54. The predicted molar refractivity (Wildman–Crippen MR) is 110 cm³/mol. The maximum Gasteiger partial charge on any atom is 0.233 e. The second-order valence-electron chi connectivity index (χ2n) is 6.95. The van der Waals surface area contributed by atoms with E-state index >= 15 is 0 Å². The van der Waals surface area contributed by atoms with Gasteiger partial charge in [-0.25, -0.2) is 0 Å². The van der Waals surface area contributed by atoms with Crippen molar-refractivity contribution in [1.82, 2.24) is 19.7 Å². The van der Waals surface area contributed by atoms with Crippen molar-refractivity contribution >= 4 is 28.4 Å². The first-order valence-corrected chi connectivity index (χ1v) is 10.6. The molecule has 1 amide bonds. The van der Waals surface area contributed by atoms with E-state index in [0.29, 0.717) is 12.4 Å². The van der Waals surface area contributed by atoms with Crippen molar-refractivity contribution in [2.24, 2.45) is 7.05 Å². The van der Waals surface area contributed by atoms with Gasteiger partial charge in [-0.05, 0) is 30.7 Å². The van der Waals surface area contributed by atoms with Crippen LogP contribution in [0.25, 0.3) is 10.8 Å². The van der Waals surface area contributed by atoms with Gasteiger partial charge in [0, 0.05) is 25.5 Å². The molecule has 1 aliphatic heterocycles. The van der Waals surface area contributed by atoms with Crippen molar-refractivity contribution in [3.63, 3.8) is 0 Å². The van der Waals surface area contributed by atoms with Gasteiger partial charge in [0.05, 0.1) is 5.75 Å². The van der Waals surface area contributed by atoms with E-state index in [0.717, 1.165) is 53.4 Å². The van der Waals surface area contributed by atoms with E-state index in [2.05, 4.69) is 28.4 Å². The van der Waals surface area contributed by atoms with Gasteiger partial charge in [0.2, 0.25) is 5.91 Å². The number of fused-ring (bicyclic) bond motifs is 1. The van der Waals surface area contributed by atoms with Gasteiger partial charge in [-0.2, -0.15) is 0 Å². The number of nitrogens with zero attached hydrogens (tertiary/aromatic N) is 4. The molecular weight excluding hydrogens is 372 g/mol. The van der Waals surface area contributed by atoms with E-state index in [1.54, 1.807) is 0 Å². The SMILES string of the molecule is Cn1c(COc2cccc3ccccc23)nnc1SCC(=O)N1CCCCC1. The lowest BCUT2D eigenvalue weighted by Crippen LogP contribution is -2.36. The van der Waals surface area contributed by atoms with Crippen LogP contribution < -0.4 is 4.74 Å². The monoisotopic (exact) mass is 396 g/mol. The Bertz CT molecular complexity index is 961.